The molecule has 1 aromatic heterocycles. The zero-order valence-corrected chi connectivity index (χ0v) is 20.5. The highest BCUT2D eigenvalue weighted by Gasteiger charge is 2.22. The third-order valence-electron chi connectivity index (χ3n) is 5.53. The van der Waals surface area contributed by atoms with E-state index in [0.29, 0.717) is 22.8 Å². The molecular formula is C27H27ClN4O3. The first-order chi connectivity index (χ1) is 16.9. The summed E-state index contributed by atoms with van der Waals surface area (Å²) in [7, 11) is 1.55. The lowest BCUT2D eigenvalue weighted by Gasteiger charge is -2.18. The molecule has 2 N–H and O–H groups in total. The van der Waals surface area contributed by atoms with Crippen LogP contribution in [0, 0.1) is 0 Å². The molecule has 0 aliphatic carbocycles. The van der Waals surface area contributed by atoms with Crippen LogP contribution in [-0.4, -0.2) is 40.6 Å². The summed E-state index contributed by atoms with van der Waals surface area (Å²) in [5.74, 6) is -0.168. The van der Waals surface area contributed by atoms with E-state index in [4.69, 9.17) is 16.3 Å². The van der Waals surface area contributed by atoms with E-state index in [1.54, 1.807) is 31.6 Å². The third kappa shape index (κ3) is 5.63. The van der Waals surface area contributed by atoms with Gasteiger partial charge in [-0.15, -0.1) is 0 Å². The Kier molecular flexibility index (Phi) is 7.36. The first-order valence-electron chi connectivity index (χ1n) is 11.4. The number of benzene rings is 3. The molecule has 0 saturated heterocycles. The van der Waals surface area contributed by atoms with Gasteiger partial charge in [0.05, 0.1) is 22.2 Å². The van der Waals surface area contributed by atoms with Crippen molar-refractivity contribution in [1.82, 2.24) is 20.2 Å². The number of amides is 2. The minimum absolute atomic E-state index is 0.0382. The smallest absolute Gasteiger partial charge is 0.251 e. The summed E-state index contributed by atoms with van der Waals surface area (Å²) in [6, 6.07) is 19.8. The van der Waals surface area contributed by atoms with Crippen molar-refractivity contribution in [2.45, 2.75) is 32.4 Å². The number of nitrogens with zero attached hydrogens (tertiary/aromatic N) is 2. The number of aromatic nitrogens is 2. The molecule has 2 amide bonds. The summed E-state index contributed by atoms with van der Waals surface area (Å²) < 4.78 is 7.63. The van der Waals surface area contributed by atoms with E-state index in [1.165, 1.54) is 0 Å². The van der Waals surface area contributed by atoms with Gasteiger partial charge in [-0.05, 0) is 61.9 Å². The van der Waals surface area contributed by atoms with Crippen LogP contribution in [0.25, 0.3) is 16.7 Å². The number of hydrogen-bond donors (Lipinski definition) is 2. The van der Waals surface area contributed by atoms with Gasteiger partial charge in [0.1, 0.15) is 18.1 Å². The summed E-state index contributed by atoms with van der Waals surface area (Å²) in [4.78, 5) is 29.9. The van der Waals surface area contributed by atoms with Crippen LogP contribution in [0.2, 0.25) is 5.02 Å². The summed E-state index contributed by atoms with van der Waals surface area (Å²) in [5.41, 5.74) is 4.15. The second-order valence-corrected chi connectivity index (χ2v) is 8.83. The summed E-state index contributed by atoms with van der Waals surface area (Å²) in [6.07, 6.45) is 2.08. The fourth-order valence-corrected chi connectivity index (χ4v) is 4.04. The Morgan fingerprint density at radius 3 is 2.49 bits per heavy atom. The van der Waals surface area contributed by atoms with Crippen LogP contribution in [0.1, 0.15) is 29.8 Å². The van der Waals surface area contributed by atoms with Crippen LogP contribution in [0.4, 0.5) is 0 Å². The first-order valence-corrected chi connectivity index (χ1v) is 11.7. The van der Waals surface area contributed by atoms with Crippen LogP contribution in [-0.2, 0) is 11.2 Å². The quantitative estimate of drug-likeness (QED) is 0.379. The van der Waals surface area contributed by atoms with E-state index in [1.807, 2.05) is 66.9 Å². The standard InChI is InChI=1S/C27H27ClN4O3/c1-17(2)35-25-13-10-19(15-21(25)28)26(33)31-23(27(34)29-3)14-18-8-11-20(12-9-18)32-16-30-22-6-4-5-7-24(22)32/h4-13,15-17,23H,14H2,1-3H3,(H,29,34)(H,31,33). The average molecular weight is 491 g/mol. The van der Waals surface area contributed by atoms with Gasteiger partial charge in [-0.1, -0.05) is 35.9 Å². The SMILES string of the molecule is CNC(=O)C(Cc1ccc(-n2cnc3ccccc32)cc1)NC(=O)c1ccc(OC(C)C)c(Cl)c1. The number of fused-ring (bicyclic) bond motifs is 1. The van der Waals surface area contributed by atoms with Gasteiger partial charge in [0, 0.05) is 24.7 Å². The fourth-order valence-electron chi connectivity index (χ4n) is 3.81. The molecule has 1 heterocycles. The molecule has 1 unspecified atom stereocenters. The van der Waals surface area contributed by atoms with E-state index >= 15 is 0 Å². The van der Waals surface area contributed by atoms with Crippen LogP contribution in [0.5, 0.6) is 5.75 Å². The lowest BCUT2D eigenvalue weighted by molar-refractivity contribution is -0.122. The van der Waals surface area contributed by atoms with Crippen LogP contribution in [0.3, 0.4) is 0 Å². The van der Waals surface area contributed by atoms with Crippen molar-refractivity contribution >= 4 is 34.4 Å². The fraction of sp³-hybridized carbons (Fsp3) is 0.222. The molecule has 1 atom stereocenters. The average Bonchev–Trinajstić information content (AvgIpc) is 3.28. The number of carbonyl (C=O) groups is 2. The number of likely N-dealkylation sites (N-methyl/N-ethyl adjacent to an activating group) is 1. The van der Waals surface area contributed by atoms with Gasteiger partial charge in [-0.2, -0.15) is 0 Å². The van der Waals surface area contributed by atoms with E-state index in [2.05, 4.69) is 15.6 Å². The monoisotopic (exact) mass is 490 g/mol. The summed E-state index contributed by atoms with van der Waals surface area (Å²) in [6.45, 7) is 3.80. The second kappa shape index (κ2) is 10.6. The molecular weight excluding hydrogens is 464 g/mol. The Morgan fingerprint density at radius 2 is 1.80 bits per heavy atom. The second-order valence-electron chi connectivity index (χ2n) is 8.43. The Morgan fingerprint density at radius 1 is 1.06 bits per heavy atom. The maximum atomic E-state index is 12.9. The molecule has 8 heteroatoms. The maximum Gasteiger partial charge on any atom is 0.251 e. The highest BCUT2D eigenvalue weighted by Crippen LogP contribution is 2.26. The topological polar surface area (TPSA) is 85.3 Å². The predicted molar refractivity (Wildman–Crippen MR) is 137 cm³/mol. The van der Waals surface area contributed by atoms with Crippen molar-refractivity contribution in [3.05, 3.63) is 89.2 Å². The van der Waals surface area contributed by atoms with Crippen molar-refractivity contribution in [3.63, 3.8) is 0 Å². The van der Waals surface area contributed by atoms with Gasteiger partial charge in [0.25, 0.3) is 5.91 Å². The number of rotatable bonds is 8. The van der Waals surface area contributed by atoms with Crippen LogP contribution >= 0.6 is 11.6 Å². The molecule has 180 valence electrons. The van der Waals surface area contributed by atoms with Gasteiger partial charge >= 0.3 is 0 Å². The van der Waals surface area contributed by atoms with E-state index in [0.717, 1.165) is 22.3 Å². The predicted octanol–water partition coefficient (Wildman–Crippen LogP) is 4.55. The minimum Gasteiger partial charge on any atom is -0.489 e. The molecule has 0 aliphatic heterocycles. The Bertz CT molecular complexity index is 1350. The van der Waals surface area contributed by atoms with E-state index in [-0.39, 0.29) is 12.0 Å². The van der Waals surface area contributed by atoms with Crippen molar-refractivity contribution in [2.75, 3.05) is 7.05 Å². The number of imidazole rings is 1. The number of carbonyl (C=O) groups excluding carboxylic acids is 2. The summed E-state index contributed by atoms with van der Waals surface area (Å²) >= 11 is 6.28. The lowest BCUT2D eigenvalue weighted by Crippen LogP contribution is -2.47. The number of ether oxygens (including phenoxy) is 1. The molecule has 0 fully saturated rings. The number of para-hydroxylation sites is 2. The van der Waals surface area contributed by atoms with Gasteiger partial charge < -0.3 is 15.4 Å². The molecule has 0 spiro atoms. The molecule has 35 heavy (non-hydrogen) atoms. The molecule has 0 aliphatic rings. The number of hydrogen-bond acceptors (Lipinski definition) is 4. The molecule has 0 saturated carbocycles. The molecule has 0 bridgehead atoms. The van der Waals surface area contributed by atoms with Crippen molar-refractivity contribution in [2.24, 2.45) is 0 Å². The summed E-state index contributed by atoms with van der Waals surface area (Å²) in [5, 5.41) is 5.79. The van der Waals surface area contributed by atoms with E-state index in [9.17, 15) is 9.59 Å². The number of halogens is 1. The van der Waals surface area contributed by atoms with Crippen molar-refractivity contribution in [3.8, 4) is 11.4 Å². The molecule has 4 aromatic rings. The Hall–Kier alpha value is -3.84. The Labute approximate surface area is 209 Å². The highest BCUT2D eigenvalue weighted by atomic mass is 35.5. The van der Waals surface area contributed by atoms with Gasteiger partial charge in [0.15, 0.2) is 0 Å². The van der Waals surface area contributed by atoms with Gasteiger partial charge in [0.2, 0.25) is 5.91 Å². The lowest BCUT2D eigenvalue weighted by atomic mass is 10.0. The van der Waals surface area contributed by atoms with Crippen LogP contribution < -0.4 is 15.4 Å². The zero-order chi connectivity index (χ0) is 24.9. The maximum absolute atomic E-state index is 12.9. The number of nitrogens with one attached hydrogen (secondary N) is 2. The van der Waals surface area contributed by atoms with Crippen molar-refractivity contribution in [1.29, 1.82) is 0 Å². The van der Waals surface area contributed by atoms with Crippen molar-refractivity contribution < 1.29 is 14.3 Å². The third-order valence-corrected chi connectivity index (χ3v) is 5.83. The van der Waals surface area contributed by atoms with Gasteiger partial charge in [-0.3, -0.25) is 14.2 Å². The minimum atomic E-state index is -0.752. The molecule has 4 rings (SSSR count). The molecule has 0 radical (unpaired) electrons. The normalized spacial score (nSPS) is 11.9. The Balaban J connectivity index is 1.49. The first kappa shape index (κ1) is 24.3. The molecule has 3 aromatic carbocycles. The largest absolute Gasteiger partial charge is 0.489 e. The highest BCUT2D eigenvalue weighted by molar-refractivity contribution is 6.32. The van der Waals surface area contributed by atoms with Gasteiger partial charge in [-0.25, -0.2) is 4.98 Å². The molecule has 7 nitrogen and oxygen atoms in total. The zero-order valence-electron chi connectivity index (χ0n) is 19.8. The van der Waals surface area contributed by atoms with E-state index < -0.39 is 11.9 Å². The van der Waals surface area contributed by atoms with Crippen LogP contribution in [0.15, 0.2) is 73.1 Å².